The number of guanidine groups is 1. The molecule has 2 unspecified atom stereocenters. The molecule has 3 rings (SSSR count). The maximum Gasteiger partial charge on any atom is 0.326 e. The van der Waals surface area contributed by atoms with Crippen molar-refractivity contribution in [1.82, 2.24) is 20.9 Å². The zero-order valence-electron chi connectivity index (χ0n) is 28.9. The van der Waals surface area contributed by atoms with Crippen LogP contribution in [0.4, 0.5) is 10.5 Å². The van der Waals surface area contributed by atoms with E-state index in [9.17, 15) is 24.3 Å². The molecular formula is C36H46N6O8. The molecule has 0 spiro atoms. The number of aliphatic carboxylic acids is 1. The predicted molar refractivity (Wildman–Crippen MR) is 190 cm³/mol. The highest BCUT2D eigenvalue weighted by Gasteiger charge is 2.27. The Labute approximate surface area is 292 Å². The van der Waals surface area contributed by atoms with Crippen molar-refractivity contribution in [3.63, 3.8) is 0 Å². The Bertz CT molecular complexity index is 1590. The van der Waals surface area contributed by atoms with Gasteiger partial charge in [-0.2, -0.15) is 0 Å². The van der Waals surface area contributed by atoms with E-state index in [1.165, 1.54) is 0 Å². The molecule has 0 aromatic heterocycles. The summed E-state index contributed by atoms with van der Waals surface area (Å²) in [5.74, 6) is -0.525. The van der Waals surface area contributed by atoms with Crippen molar-refractivity contribution < 1.29 is 38.5 Å². The van der Waals surface area contributed by atoms with Crippen LogP contribution >= 0.6 is 0 Å². The van der Waals surface area contributed by atoms with E-state index in [1.54, 1.807) is 60.5 Å². The summed E-state index contributed by atoms with van der Waals surface area (Å²) in [4.78, 5) is 56.7. The van der Waals surface area contributed by atoms with E-state index in [0.717, 1.165) is 6.42 Å². The van der Waals surface area contributed by atoms with Crippen LogP contribution in [0, 0.1) is 5.92 Å². The molecule has 0 aliphatic carbocycles. The molecule has 0 saturated heterocycles. The van der Waals surface area contributed by atoms with E-state index in [4.69, 9.17) is 14.2 Å². The molecule has 14 heteroatoms. The smallest absolute Gasteiger partial charge is 0.326 e. The number of carbonyl (C=O) groups is 4. The van der Waals surface area contributed by atoms with Gasteiger partial charge in [0.2, 0.25) is 18.7 Å². The number of nitrogens with one attached hydrogen (secondary N) is 4. The molecule has 1 heterocycles. The molecule has 4 amide bonds. The van der Waals surface area contributed by atoms with Crippen molar-refractivity contribution in [3.05, 3.63) is 85.1 Å². The number of rotatable bonds is 17. The number of fused-ring (bicyclic) bond motifs is 1. The molecule has 50 heavy (non-hydrogen) atoms. The Kier molecular flexibility index (Phi) is 14.9. The zero-order chi connectivity index (χ0) is 36.6. The summed E-state index contributed by atoms with van der Waals surface area (Å²) in [6.07, 6.45) is 6.21. The van der Waals surface area contributed by atoms with Crippen molar-refractivity contribution in [2.24, 2.45) is 10.9 Å². The maximum atomic E-state index is 13.4. The standard InChI is InChI=1S/C36H46N6O8/c1-7-9-10-17-37-35(42(6)24(5)8-2)41-36(47)38-26-12-14-27(15-13-26)48-21-32(43)39-29(18-23(3)4)34(46)40-28(20-33(44)45)25-11-16-30-31(19-25)50-22-49-30/h8-16,19,23,28-29H,2,5,7,17-18,20-22H2,1,3-4,6H3,(H,39,43)(H,40,46)(H,44,45)(H2,37,38,41,47)/b10-9-. The number of allylic oxidation sites excluding steroid dienone is 2. The number of carbonyl (C=O) groups excluding carboxylic acids is 3. The van der Waals surface area contributed by atoms with Crippen LogP contribution in [0.15, 0.2) is 84.5 Å². The normalized spacial score (nSPS) is 13.3. The molecule has 2 aromatic rings. The lowest BCUT2D eigenvalue weighted by molar-refractivity contribution is -0.138. The first-order valence-electron chi connectivity index (χ1n) is 16.2. The van der Waals surface area contributed by atoms with Gasteiger partial charge in [0, 0.05) is 18.4 Å². The molecule has 2 aromatic carbocycles. The number of anilines is 1. The summed E-state index contributed by atoms with van der Waals surface area (Å²) in [5.41, 5.74) is 1.54. The van der Waals surface area contributed by atoms with E-state index in [1.807, 2.05) is 32.9 Å². The number of hydrogen-bond donors (Lipinski definition) is 5. The predicted octanol–water partition coefficient (Wildman–Crippen LogP) is 4.73. The summed E-state index contributed by atoms with van der Waals surface area (Å²) in [7, 11) is 1.71. The van der Waals surface area contributed by atoms with Gasteiger partial charge in [0.05, 0.1) is 19.0 Å². The monoisotopic (exact) mass is 690 g/mol. The van der Waals surface area contributed by atoms with Crippen LogP contribution in [-0.4, -0.2) is 72.8 Å². The fraction of sp³-hybridized carbons (Fsp3) is 0.361. The van der Waals surface area contributed by atoms with Gasteiger partial charge in [-0.25, -0.2) is 9.79 Å². The van der Waals surface area contributed by atoms with Gasteiger partial charge in [-0.15, -0.1) is 0 Å². The summed E-state index contributed by atoms with van der Waals surface area (Å²) in [6.45, 7) is 13.5. The van der Waals surface area contributed by atoms with Gasteiger partial charge in [-0.05, 0) is 66.8 Å². The first kappa shape index (κ1) is 38.7. The number of nitrogens with zero attached hydrogens (tertiary/aromatic N) is 2. The van der Waals surface area contributed by atoms with E-state index in [0.29, 0.717) is 47.2 Å². The Morgan fingerprint density at radius 3 is 2.44 bits per heavy atom. The number of amides is 4. The van der Waals surface area contributed by atoms with Gasteiger partial charge in [0.25, 0.3) is 5.91 Å². The number of carboxylic acids is 1. The quantitative estimate of drug-likeness (QED) is 0.0679. The highest BCUT2D eigenvalue weighted by atomic mass is 16.7. The molecule has 5 N–H and O–H groups in total. The minimum atomic E-state index is -1.11. The number of benzene rings is 2. The van der Waals surface area contributed by atoms with Crippen LogP contribution in [0.5, 0.6) is 17.2 Å². The van der Waals surface area contributed by atoms with Gasteiger partial charge in [0.15, 0.2) is 18.1 Å². The molecule has 1 aliphatic heterocycles. The molecule has 1 aliphatic rings. The largest absolute Gasteiger partial charge is 0.484 e. The zero-order valence-corrected chi connectivity index (χ0v) is 28.9. The SMILES string of the molecule is C=CC(=C)N(C)C(=NC/C=C\CC)NC(=O)Nc1ccc(OCC(=O)NC(CC(C)C)C(=O)NC(CC(=O)O)c2ccc3c(c2)OCO3)cc1. The van der Waals surface area contributed by atoms with Crippen molar-refractivity contribution in [2.75, 3.05) is 32.3 Å². The first-order valence-corrected chi connectivity index (χ1v) is 16.2. The van der Waals surface area contributed by atoms with Gasteiger partial charge in [-0.3, -0.25) is 19.7 Å². The fourth-order valence-corrected chi connectivity index (χ4v) is 4.70. The van der Waals surface area contributed by atoms with E-state index in [2.05, 4.69) is 39.4 Å². The summed E-state index contributed by atoms with van der Waals surface area (Å²) < 4.78 is 16.4. The lowest BCUT2D eigenvalue weighted by Gasteiger charge is -2.24. The number of hydrogen-bond acceptors (Lipinski definition) is 8. The van der Waals surface area contributed by atoms with E-state index < -0.39 is 35.9 Å². The Hall–Kier alpha value is -5.79. The van der Waals surface area contributed by atoms with Crippen LogP contribution in [-0.2, 0) is 14.4 Å². The molecular weight excluding hydrogens is 644 g/mol. The third-order valence-corrected chi connectivity index (χ3v) is 7.29. The van der Waals surface area contributed by atoms with Crippen molar-refractivity contribution >= 4 is 35.5 Å². The lowest BCUT2D eigenvalue weighted by atomic mass is 10.00. The Balaban J connectivity index is 1.58. The van der Waals surface area contributed by atoms with Gasteiger partial charge < -0.3 is 40.2 Å². The van der Waals surface area contributed by atoms with E-state index >= 15 is 0 Å². The van der Waals surface area contributed by atoms with Crippen molar-refractivity contribution in [2.45, 2.75) is 52.1 Å². The minimum Gasteiger partial charge on any atom is -0.484 e. The number of urea groups is 1. The topological polar surface area (TPSA) is 180 Å². The van der Waals surface area contributed by atoms with Crippen LogP contribution < -0.4 is 35.5 Å². The first-order chi connectivity index (χ1) is 23.9. The second kappa shape index (κ2) is 19.3. The number of aliphatic imine (C=N–C) groups is 1. The molecule has 0 bridgehead atoms. The fourth-order valence-electron chi connectivity index (χ4n) is 4.70. The molecule has 0 fully saturated rings. The average molecular weight is 691 g/mol. The minimum absolute atomic E-state index is 0.0362. The molecule has 268 valence electrons. The van der Waals surface area contributed by atoms with Crippen LogP contribution in [0.25, 0.3) is 0 Å². The maximum absolute atomic E-state index is 13.4. The van der Waals surface area contributed by atoms with Crippen molar-refractivity contribution in [1.29, 1.82) is 0 Å². The van der Waals surface area contributed by atoms with Crippen LogP contribution in [0.2, 0.25) is 0 Å². The number of carboxylic acid groups (broad SMARTS) is 1. The highest BCUT2D eigenvalue weighted by Crippen LogP contribution is 2.35. The van der Waals surface area contributed by atoms with Crippen molar-refractivity contribution in [3.8, 4) is 17.2 Å². The average Bonchev–Trinajstić information content (AvgIpc) is 3.56. The summed E-state index contributed by atoms with van der Waals surface area (Å²) >= 11 is 0. The van der Waals surface area contributed by atoms with E-state index in [-0.39, 0.29) is 31.7 Å². The number of likely N-dealkylation sites (N-methyl/N-ethyl adjacent to an activating group) is 1. The molecule has 14 nitrogen and oxygen atoms in total. The number of ether oxygens (including phenoxy) is 3. The van der Waals surface area contributed by atoms with Gasteiger partial charge in [0.1, 0.15) is 11.8 Å². The molecule has 0 saturated carbocycles. The van der Waals surface area contributed by atoms with Crippen LogP contribution in [0.1, 0.15) is 51.6 Å². The second-order valence-electron chi connectivity index (χ2n) is 11.7. The third kappa shape index (κ3) is 12.3. The summed E-state index contributed by atoms with van der Waals surface area (Å²) in [6, 6.07) is 8.98. The third-order valence-electron chi connectivity index (χ3n) is 7.29. The second-order valence-corrected chi connectivity index (χ2v) is 11.7. The van der Waals surface area contributed by atoms with Gasteiger partial charge in [-0.1, -0.05) is 52.1 Å². The highest BCUT2D eigenvalue weighted by molar-refractivity contribution is 6.03. The Morgan fingerprint density at radius 1 is 1.06 bits per heavy atom. The molecule has 0 radical (unpaired) electrons. The molecule has 2 atom stereocenters. The van der Waals surface area contributed by atoms with Crippen LogP contribution in [0.3, 0.4) is 0 Å². The Morgan fingerprint density at radius 2 is 1.78 bits per heavy atom. The summed E-state index contributed by atoms with van der Waals surface area (Å²) in [5, 5.41) is 20.4. The lowest BCUT2D eigenvalue weighted by Crippen LogP contribution is -2.49. The van der Waals surface area contributed by atoms with Gasteiger partial charge >= 0.3 is 12.0 Å².